The van der Waals surface area contributed by atoms with Crippen molar-refractivity contribution in [2.45, 2.75) is 18.8 Å². The van der Waals surface area contributed by atoms with Gasteiger partial charge >= 0.3 is 22.5 Å². The predicted molar refractivity (Wildman–Crippen MR) is 111 cm³/mol. The van der Waals surface area contributed by atoms with Gasteiger partial charge in [-0.3, -0.25) is 4.28 Å². The third kappa shape index (κ3) is 8.99. The number of ether oxygens (including phenoxy) is 2. The molecule has 0 unspecified atom stereocenters. The van der Waals surface area contributed by atoms with E-state index in [4.69, 9.17) is 14.7 Å². The van der Waals surface area contributed by atoms with Gasteiger partial charge < -0.3 is 14.7 Å². The molecule has 0 spiro atoms. The molecule has 0 bridgehead atoms. The highest BCUT2D eigenvalue weighted by molar-refractivity contribution is 7.85. The van der Waals surface area contributed by atoms with E-state index in [0.717, 1.165) is 24.3 Å². The Bertz CT molecular complexity index is 1140. The molecule has 0 atom stereocenters. The van der Waals surface area contributed by atoms with Crippen molar-refractivity contribution in [3.05, 3.63) is 59.7 Å². The van der Waals surface area contributed by atoms with E-state index in [0.29, 0.717) is 12.7 Å². The van der Waals surface area contributed by atoms with Gasteiger partial charge in [-0.2, -0.15) is 34.8 Å². The molecule has 35 heavy (non-hydrogen) atoms. The molecule has 0 aliphatic rings. The number of nitrogens with zero attached hydrogens (tertiary/aromatic N) is 2. The molecule has 2 aromatic rings. The third-order valence-electron chi connectivity index (χ3n) is 3.98. The summed E-state index contributed by atoms with van der Waals surface area (Å²) in [6, 6.07) is 9.17. The largest absolute Gasteiger partial charge is 0.493 e. The summed E-state index contributed by atoms with van der Waals surface area (Å²) in [5.74, 6) is 0.472. The van der Waals surface area contributed by atoms with Gasteiger partial charge in [0.25, 0.3) is 0 Å². The zero-order valence-electron chi connectivity index (χ0n) is 17.8. The number of rotatable bonds is 10. The lowest BCUT2D eigenvalue weighted by Crippen LogP contribution is -2.24. The van der Waals surface area contributed by atoms with Gasteiger partial charge in [0, 0.05) is 17.5 Å². The topological polar surface area (TPSA) is 107 Å². The maximum absolute atomic E-state index is 13.1. The lowest BCUT2D eigenvalue weighted by atomic mass is 10.1. The van der Waals surface area contributed by atoms with E-state index >= 15 is 0 Å². The molecule has 0 aromatic heterocycles. The average molecular weight is 528 g/mol. The van der Waals surface area contributed by atoms with Gasteiger partial charge in [0.15, 0.2) is 11.4 Å². The Hall–Kier alpha value is -3.49. The number of hydrogen-bond acceptors (Lipinski definition) is 8. The zero-order chi connectivity index (χ0) is 26.3. The SMILES string of the molecule is CS(=O)(=O)ON=C(c1ccc(OCCCOc2ccc(C(=NO)C(F)(F)F)cc2)cc1)C(F)(F)F. The second kappa shape index (κ2) is 11.3. The van der Waals surface area contributed by atoms with E-state index in [2.05, 4.69) is 14.6 Å². The number of halogens is 6. The molecule has 0 saturated heterocycles. The van der Waals surface area contributed by atoms with E-state index in [9.17, 15) is 34.8 Å². The van der Waals surface area contributed by atoms with Crippen LogP contribution in [-0.2, 0) is 14.4 Å². The summed E-state index contributed by atoms with van der Waals surface area (Å²) in [7, 11) is -4.23. The maximum Gasteiger partial charge on any atom is 0.437 e. The zero-order valence-corrected chi connectivity index (χ0v) is 18.6. The molecule has 0 aliphatic carbocycles. The highest BCUT2D eigenvalue weighted by Gasteiger charge is 2.38. The first-order valence-corrected chi connectivity index (χ1v) is 11.3. The van der Waals surface area contributed by atoms with Gasteiger partial charge in [-0.05, 0) is 48.5 Å². The summed E-state index contributed by atoms with van der Waals surface area (Å²) in [5.41, 5.74) is -3.78. The Kier molecular flexibility index (Phi) is 8.95. The molecule has 15 heteroatoms. The summed E-state index contributed by atoms with van der Waals surface area (Å²) < 4.78 is 114. The number of hydrogen-bond donors (Lipinski definition) is 1. The highest BCUT2D eigenvalue weighted by Crippen LogP contribution is 2.25. The number of oxime groups is 2. The molecule has 192 valence electrons. The van der Waals surface area contributed by atoms with Crippen LogP contribution in [0.25, 0.3) is 0 Å². The summed E-state index contributed by atoms with van der Waals surface area (Å²) in [6.45, 7) is 0.218. The lowest BCUT2D eigenvalue weighted by Gasteiger charge is -2.12. The minimum atomic E-state index is -4.97. The van der Waals surface area contributed by atoms with Crippen LogP contribution in [0.2, 0.25) is 0 Å². The second-order valence-electron chi connectivity index (χ2n) is 6.76. The number of alkyl halides is 6. The molecule has 1 N–H and O–H groups in total. The summed E-state index contributed by atoms with van der Waals surface area (Å²) >= 11 is 0. The smallest absolute Gasteiger partial charge is 0.437 e. The third-order valence-corrected chi connectivity index (χ3v) is 4.33. The van der Waals surface area contributed by atoms with E-state index < -0.39 is 39.5 Å². The van der Waals surface area contributed by atoms with Gasteiger partial charge in [-0.25, -0.2) is 0 Å². The molecular formula is C20H18F6N2O6S. The molecular weight excluding hydrogens is 510 g/mol. The molecule has 0 fully saturated rings. The van der Waals surface area contributed by atoms with Crippen LogP contribution in [0, 0.1) is 0 Å². The Morgan fingerprint density at radius 3 is 1.54 bits per heavy atom. The summed E-state index contributed by atoms with van der Waals surface area (Å²) in [5, 5.41) is 13.5. The van der Waals surface area contributed by atoms with Crippen LogP contribution >= 0.6 is 0 Å². The molecule has 2 aromatic carbocycles. The van der Waals surface area contributed by atoms with Crippen molar-refractivity contribution in [2.24, 2.45) is 10.3 Å². The van der Waals surface area contributed by atoms with Gasteiger partial charge in [-0.15, -0.1) is 0 Å². The fourth-order valence-corrected chi connectivity index (χ4v) is 2.72. The molecule has 0 aliphatic heterocycles. The molecule has 8 nitrogen and oxygen atoms in total. The lowest BCUT2D eigenvalue weighted by molar-refractivity contribution is -0.0608. The first kappa shape index (κ1) is 27.8. The Labute approximate surface area is 195 Å². The molecule has 0 saturated carbocycles. The van der Waals surface area contributed by atoms with E-state index in [1.165, 1.54) is 24.3 Å². The Balaban J connectivity index is 1.87. The van der Waals surface area contributed by atoms with Crippen molar-refractivity contribution >= 4 is 21.5 Å². The minimum Gasteiger partial charge on any atom is -0.493 e. The van der Waals surface area contributed by atoms with Crippen LogP contribution in [0.1, 0.15) is 17.5 Å². The van der Waals surface area contributed by atoms with E-state index in [-0.39, 0.29) is 30.3 Å². The van der Waals surface area contributed by atoms with Crippen molar-refractivity contribution in [3.8, 4) is 11.5 Å². The van der Waals surface area contributed by atoms with Crippen LogP contribution in [0.5, 0.6) is 11.5 Å². The first-order valence-electron chi connectivity index (χ1n) is 9.50. The number of benzene rings is 2. The second-order valence-corrected chi connectivity index (χ2v) is 8.32. The fourth-order valence-electron chi connectivity index (χ4n) is 2.51. The Morgan fingerprint density at radius 1 is 0.800 bits per heavy atom. The van der Waals surface area contributed by atoms with Crippen LogP contribution in [-0.4, -0.2) is 56.9 Å². The highest BCUT2D eigenvalue weighted by atomic mass is 32.2. The monoisotopic (exact) mass is 528 g/mol. The first-order chi connectivity index (χ1) is 16.2. The van der Waals surface area contributed by atoms with Crippen molar-refractivity contribution in [3.63, 3.8) is 0 Å². The molecule has 0 amide bonds. The molecule has 2 rings (SSSR count). The maximum atomic E-state index is 13.1. The Morgan fingerprint density at radius 2 is 1.20 bits per heavy atom. The van der Waals surface area contributed by atoms with Crippen molar-refractivity contribution in [1.82, 2.24) is 0 Å². The molecule has 0 heterocycles. The van der Waals surface area contributed by atoms with Gasteiger partial charge in [0.2, 0.25) is 0 Å². The van der Waals surface area contributed by atoms with Gasteiger partial charge in [0.1, 0.15) is 11.5 Å². The predicted octanol–water partition coefficient (Wildman–Crippen LogP) is 4.52. The quantitative estimate of drug-likeness (QED) is 0.160. The van der Waals surface area contributed by atoms with Crippen LogP contribution in [0.15, 0.2) is 58.8 Å². The normalized spacial score (nSPS) is 13.5. The standard InChI is InChI=1S/C20H18F6N2O6S/c1-35(30,31)34-28-18(20(24,25)26)14-5-9-16(10-6-14)33-12-2-11-32-15-7-3-13(4-8-15)17(27-29)19(21,22)23/h3-10,29H,2,11-12H2,1H3. The molecule has 0 radical (unpaired) electrons. The van der Waals surface area contributed by atoms with Crippen molar-refractivity contribution in [2.75, 3.05) is 19.5 Å². The fraction of sp³-hybridized carbons (Fsp3) is 0.300. The van der Waals surface area contributed by atoms with E-state index in [1.807, 2.05) is 0 Å². The van der Waals surface area contributed by atoms with E-state index in [1.54, 1.807) is 0 Å². The van der Waals surface area contributed by atoms with Crippen LogP contribution < -0.4 is 9.47 Å². The van der Waals surface area contributed by atoms with Crippen LogP contribution in [0.3, 0.4) is 0 Å². The minimum absolute atomic E-state index is 0.101. The van der Waals surface area contributed by atoms with Crippen molar-refractivity contribution < 1.29 is 53.7 Å². The van der Waals surface area contributed by atoms with Crippen LogP contribution in [0.4, 0.5) is 26.3 Å². The van der Waals surface area contributed by atoms with Gasteiger partial charge in [-0.1, -0.05) is 10.3 Å². The average Bonchev–Trinajstić information content (AvgIpc) is 2.73. The summed E-state index contributed by atoms with van der Waals surface area (Å²) in [6.07, 6.45) is -8.91. The van der Waals surface area contributed by atoms with Gasteiger partial charge in [0.05, 0.1) is 19.5 Å². The van der Waals surface area contributed by atoms with Crippen molar-refractivity contribution in [1.29, 1.82) is 0 Å². The summed E-state index contributed by atoms with van der Waals surface area (Å²) in [4.78, 5) is 0.